The van der Waals surface area contributed by atoms with E-state index in [4.69, 9.17) is 39.5 Å². The second-order valence-corrected chi connectivity index (χ2v) is 6.05. The van der Waals surface area contributed by atoms with Gasteiger partial charge < -0.3 is 10.1 Å². The van der Waals surface area contributed by atoms with Gasteiger partial charge in [0, 0.05) is 6.20 Å². The fourth-order valence-electron chi connectivity index (χ4n) is 1.90. The molecule has 24 heavy (non-hydrogen) atoms. The van der Waals surface area contributed by atoms with E-state index in [2.05, 4.69) is 10.3 Å². The van der Waals surface area contributed by atoms with E-state index in [0.717, 1.165) is 5.56 Å². The fraction of sp³-hybridized carbons (Fsp3) is 0.188. The summed E-state index contributed by atoms with van der Waals surface area (Å²) >= 11 is 17.6. The number of halogens is 3. The first-order valence-corrected chi connectivity index (χ1v) is 8.04. The summed E-state index contributed by atoms with van der Waals surface area (Å²) in [5.74, 6) is -1.17. The number of aromatic nitrogens is 1. The Hall–Kier alpha value is -1.82. The zero-order valence-corrected chi connectivity index (χ0v) is 14.8. The highest BCUT2D eigenvalue weighted by Crippen LogP contribution is 2.25. The summed E-state index contributed by atoms with van der Waals surface area (Å²) in [5.41, 5.74) is 0.879. The number of nitrogens with zero attached hydrogens (tertiary/aromatic N) is 1. The molecule has 1 N–H and O–H groups in total. The van der Waals surface area contributed by atoms with Crippen molar-refractivity contribution in [2.24, 2.45) is 0 Å². The number of benzene rings is 1. The van der Waals surface area contributed by atoms with E-state index in [1.54, 1.807) is 31.2 Å². The van der Waals surface area contributed by atoms with Crippen LogP contribution in [0.2, 0.25) is 15.2 Å². The highest BCUT2D eigenvalue weighted by molar-refractivity contribution is 6.42. The Bertz CT molecular complexity index is 768. The lowest BCUT2D eigenvalue weighted by Gasteiger charge is -2.15. The number of pyridine rings is 1. The van der Waals surface area contributed by atoms with Gasteiger partial charge in [-0.25, -0.2) is 9.78 Å². The smallest absolute Gasteiger partial charge is 0.341 e. The summed E-state index contributed by atoms with van der Waals surface area (Å²) in [4.78, 5) is 27.5. The summed E-state index contributed by atoms with van der Waals surface area (Å²) in [6.45, 7) is 1.34. The molecule has 0 saturated carbocycles. The Morgan fingerprint density at radius 2 is 1.96 bits per heavy atom. The number of rotatable bonds is 5. The average molecular weight is 388 g/mol. The monoisotopic (exact) mass is 386 g/mol. The zero-order valence-electron chi connectivity index (χ0n) is 12.6. The second kappa shape index (κ2) is 8.33. The van der Waals surface area contributed by atoms with Gasteiger partial charge in [-0.05, 0) is 36.8 Å². The summed E-state index contributed by atoms with van der Waals surface area (Å²) in [7, 11) is 0. The molecule has 0 aliphatic heterocycles. The zero-order chi connectivity index (χ0) is 17.7. The lowest BCUT2D eigenvalue weighted by molar-refractivity contribution is -0.124. The van der Waals surface area contributed by atoms with Crippen LogP contribution < -0.4 is 5.32 Å². The van der Waals surface area contributed by atoms with Gasteiger partial charge in [-0.2, -0.15) is 0 Å². The van der Waals surface area contributed by atoms with Crippen molar-refractivity contribution in [3.63, 3.8) is 0 Å². The normalized spacial score (nSPS) is 11.7. The molecule has 1 aromatic heterocycles. The van der Waals surface area contributed by atoms with Crippen LogP contribution in [0.25, 0.3) is 0 Å². The molecule has 0 fully saturated rings. The van der Waals surface area contributed by atoms with Gasteiger partial charge in [0.2, 0.25) is 0 Å². The van der Waals surface area contributed by atoms with Crippen molar-refractivity contribution in [3.8, 4) is 0 Å². The summed E-state index contributed by atoms with van der Waals surface area (Å²) in [6.07, 6.45) is 1.45. The summed E-state index contributed by atoms with van der Waals surface area (Å²) in [6, 6.07) is 7.75. The maximum atomic E-state index is 11.9. The van der Waals surface area contributed by atoms with E-state index in [1.807, 2.05) is 0 Å². The van der Waals surface area contributed by atoms with Gasteiger partial charge in [0.15, 0.2) is 6.61 Å². The van der Waals surface area contributed by atoms with Gasteiger partial charge >= 0.3 is 5.97 Å². The maximum absolute atomic E-state index is 11.9. The highest BCUT2D eigenvalue weighted by atomic mass is 35.5. The molecule has 126 valence electrons. The molecule has 8 heteroatoms. The maximum Gasteiger partial charge on any atom is 0.341 e. The van der Waals surface area contributed by atoms with Gasteiger partial charge in [0.05, 0.1) is 21.7 Å². The second-order valence-electron chi connectivity index (χ2n) is 4.88. The largest absolute Gasteiger partial charge is 0.452 e. The quantitative estimate of drug-likeness (QED) is 0.620. The van der Waals surface area contributed by atoms with Gasteiger partial charge in [-0.3, -0.25) is 4.79 Å². The number of carbonyl (C=O) groups excluding carboxylic acids is 2. The summed E-state index contributed by atoms with van der Waals surface area (Å²) in [5, 5.41) is 3.55. The van der Waals surface area contributed by atoms with E-state index < -0.39 is 18.5 Å². The first-order valence-electron chi connectivity index (χ1n) is 6.90. The molecule has 1 unspecified atom stereocenters. The Morgan fingerprint density at radius 1 is 1.21 bits per heavy atom. The van der Waals surface area contributed by atoms with Crippen molar-refractivity contribution < 1.29 is 14.3 Å². The fourth-order valence-corrected chi connectivity index (χ4v) is 2.40. The molecule has 1 aromatic carbocycles. The molecule has 0 aliphatic rings. The van der Waals surface area contributed by atoms with E-state index in [9.17, 15) is 9.59 Å². The van der Waals surface area contributed by atoms with E-state index in [-0.39, 0.29) is 16.8 Å². The van der Waals surface area contributed by atoms with Crippen molar-refractivity contribution in [3.05, 3.63) is 62.9 Å². The average Bonchev–Trinajstić information content (AvgIpc) is 2.55. The van der Waals surface area contributed by atoms with Gasteiger partial charge in [0.1, 0.15) is 5.15 Å². The third kappa shape index (κ3) is 4.84. The van der Waals surface area contributed by atoms with Crippen molar-refractivity contribution in [1.29, 1.82) is 0 Å². The Labute approximate surface area is 153 Å². The molecule has 1 heterocycles. The van der Waals surface area contributed by atoms with Crippen LogP contribution in [0.5, 0.6) is 0 Å². The van der Waals surface area contributed by atoms with Crippen LogP contribution in [0.3, 0.4) is 0 Å². The molecule has 1 atom stereocenters. The third-order valence-corrected chi connectivity index (χ3v) is 4.17. The minimum Gasteiger partial charge on any atom is -0.452 e. The van der Waals surface area contributed by atoms with Crippen LogP contribution in [-0.4, -0.2) is 23.5 Å². The van der Waals surface area contributed by atoms with Crippen molar-refractivity contribution >= 4 is 46.7 Å². The van der Waals surface area contributed by atoms with Crippen molar-refractivity contribution in [2.45, 2.75) is 13.0 Å². The van der Waals surface area contributed by atoms with E-state index in [1.165, 1.54) is 12.3 Å². The van der Waals surface area contributed by atoms with E-state index >= 15 is 0 Å². The number of hydrogen-bond donors (Lipinski definition) is 1. The molecular formula is C16H13Cl3N2O3. The minimum atomic E-state index is -0.717. The molecule has 0 radical (unpaired) electrons. The van der Waals surface area contributed by atoms with Gasteiger partial charge in [0.25, 0.3) is 5.91 Å². The predicted molar refractivity (Wildman–Crippen MR) is 92.5 cm³/mol. The first kappa shape index (κ1) is 18.5. The van der Waals surface area contributed by atoms with Crippen LogP contribution in [0.15, 0.2) is 36.5 Å². The Balaban J connectivity index is 1.90. The molecule has 5 nitrogen and oxygen atoms in total. The van der Waals surface area contributed by atoms with Crippen LogP contribution in [-0.2, 0) is 9.53 Å². The molecule has 2 rings (SSSR count). The number of nitrogens with one attached hydrogen (secondary N) is 1. The lowest BCUT2D eigenvalue weighted by Crippen LogP contribution is -2.31. The minimum absolute atomic E-state index is 0.0204. The molecule has 0 saturated heterocycles. The third-order valence-electron chi connectivity index (χ3n) is 3.13. The Morgan fingerprint density at radius 3 is 2.62 bits per heavy atom. The molecule has 0 bridgehead atoms. The number of ether oxygens (including phenoxy) is 1. The Kier molecular flexibility index (Phi) is 6.43. The van der Waals surface area contributed by atoms with Gasteiger partial charge in [-0.1, -0.05) is 40.9 Å². The summed E-state index contributed by atoms with van der Waals surface area (Å²) < 4.78 is 4.93. The number of esters is 1. The lowest BCUT2D eigenvalue weighted by atomic mass is 10.1. The van der Waals surface area contributed by atoms with Crippen LogP contribution in [0, 0.1) is 0 Å². The topological polar surface area (TPSA) is 68.3 Å². The molecule has 0 aliphatic carbocycles. The number of amides is 1. The number of hydrogen-bond acceptors (Lipinski definition) is 4. The van der Waals surface area contributed by atoms with Crippen LogP contribution >= 0.6 is 34.8 Å². The molecular weight excluding hydrogens is 375 g/mol. The van der Waals surface area contributed by atoms with Crippen LogP contribution in [0.4, 0.5) is 0 Å². The molecule has 1 amide bonds. The molecule has 0 spiro atoms. The van der Waals surface area contributed by atoms with Crippen molar-refractivity contribution in [2.75, 3.05) is 6.61 Å². The molecule has 2 aromatic rings. The highest BCUT2D eigenvalue weighted by Gasteiger charge is 2.16. The van der Waals surface area contributed by atoms with E-state index in [0.29, 0.717) is 10.0 Å². The number of carbonyl (C=O) groups is 2. The predicted octanol–water partition coefficient (Wildman–Crippen LogP) is 4.08. The SMILES string of the molecule is CC(NC(=O)COC(=O)c1cccnc1Cl)c1ccc(Cl)c(Cl)c1. The van der Waals surface area contributed by atoms with Gasteiger partial charge in [-0.15, -0.1) is 0 Å². The first-order chi connectivity index (χ1) is 11.4. The standard InChI is InChI=1S/C16H13Cl3N2O3/c1-9(10-4-5-12(17)13(18)7-10)21-14(22)8-24-16(23)11-3-2-6-20-15(11)19/h2-7,9H,8H2,1H3,(H,21,22). The van der Waals surface area contributed by atoms with Crippen LogP contribution in [0.1, 0.15) is 28.9 Å². The van der Waals surface area contributed by atoms with Crippen molar-refractivity contribution in [1.82, 2.24) is 10.3 Å².